The van der Waals surface area contributed by atoms with Gasteiger partial charge in [-0.3, -0.25) is 4.72 Å². The van der Waals surface area contributed by atoms with Gasteiger partial charge in [0.1, 0.15) is 6.33 Å². The highest BCUT2D eigenvalue weighted by Gasteiger charge is 2.18. The number of rotatable bonds is 4. The number of anilines is 1. The van der Waals surface area contributed by atoms with Gasteiger partial charge in [-0.2, -0.15) is 5.26 Å². The van der Waals surface area contributed by atoms with E-state index < -0.39 is 10.0 Å². The smallest absolute Gasteiger partial charge is 0.261 e. The van der Waals surface area contributed by atoms with Crippen LogP contribution in [0.25, 0.3) is 11.4 Å². The molecule has 0 aliphatic rings. The summed E-state index contributed by atoms with van der Waals surface area (Å²) in [6.45, 7) is 0. The Hall–Kier alpha value is -3.18. The number of hydrogen-bond donors (Lipinski definition) is 1. The lowest BCUT2D eigenvalue weighted by Crippen LogP contribution is -2.14. The van der Waals surface area contributed by atoms with Crippen molar-refractivity contribution in [3.8, 4) is 17.5 Å². The van der Waals surface area contributed by atoms with E-state index in [0.717, 1.165) is 0 Å². The maximum absolute atomic E-state index is 12.6. The topological polar surface area (TPSA) is 101 Å². The number of nitrogens with one attached hydrogen (secondary N) is 1. The first-order valence-corrected chi connectivity index (χ1v) is 8.46. The Kier molecular flexibility index (Phi) is 4.02. The van der Waals surface area contributed by atoms with E-state index in [-0.39, 0.29) is 10.5 Å². The van der Waals surface area contributed by atoms with E-state index in [2.05, 4.69) is 14.9 Å². The quantitative estimate of drug-likeness (QED) is 0.785. The molecule has 0 bridgehead atoms. The third-order valence-electron chi connectivity index (χ3n) is 3.40. The average molecular weight is 339 g/mol. The molecule has 24 heavy (non-hydrogen) atoms. The van der Waals surface area contributed by atoms with E-state index in [1.807, 2.05) is 6.07 Å². The molecule has 0 aliphatic heterocycles. The molecule has 0 atom stereocenters. The number of sulfonamides is 1. The highest BCUT2D eigenvalue weighted by Crippen LogP contribution is 2.27. The molecule has 1 aromatic heterocycles. The molecule has 0 spiro atoms. The Labute approximate surface area is 139 Å². The summed E-state index contributed by atoms with van der Waals surface area (Å²) in [5, 5.41) is 16.8. The first-order chi connectivity index (χ1) is 11.5. The minimum atomic E-state index is -3.83. The van der Waals surface area contributed by atoms with E-state index >= 15 is 0 Å². The lowest BCUT2D eigenvalue weighted by molar-refractivity contribution is 0.601. The van der Waals surface area contributed by atoms with Crippen LogP contribution < -0.4 is 4.72 Å². The molecule has 7 nitrogen and oxygen atoms in total. The van der Waals surface area contributed by atoms with Gasteiger partial charge in [0.15, 0.2) is 5.82 Å². The molecule has 2 aromatic carbocycles. The van der Waals surface area contributed by atoms with Crippen LogP contribution in [0, 0.1) is 11.3 Å². The predicted molar refractivity (Wildman–Crippen MR) is 88.4 cm³/mol. The Morgan fingerprint density at radius 3 is 2.67 bits per heavy atom. The molecule has 3 rings (SSSR count). The number of benzene rings is 2. The summed E-state index contributed by atoms with van der Waals surface area (Å²) >= 11 is 0. The molecule has 1 heterocycles. The third-order valence-corrected chi connectivity index (χ3v) is 4.76. The van der Waals surface area contributed by atoms with Crippen LogP contribution in [0.4, 0.5) is 5.69 Å². The summed E-state index contributed by atoms with van der Waals surface area (Å²) in [5.41, 5.74) is 1.27. The SMILES string of the molecule is Cn1cnnc1-c1ccccc1NS(=O)(=O)c1cccc(C#N)c1. The fraction of sp³-hybridized carbons (Fsp3) is 0.0625. The van der Waals surface area contributed by atoms with Crippen LogP contribution in [0.5, 0.6) is 0 Å². The molecule has 0 radical (unpaired) electrons. The van der Waals surface area contributed by atoms with Crippen LogP contribution in [0.15, 0.2) is 59.8 Å². The molecule has 1 N–H and O–H groups in total. The molecule has 0 fully saturated rings. The third kappa shape index (κ3) is 2.98. The number of aromatic nitrogens is 3. The van der Waals surface area contributed by atoms with E-state index in [4.69, 9.17) is 5.26 Å². The number of nitriles is 1. The van der Waals surface area contributed by atoms with Gasteiger partial charge in [0.2, 0.25) is 0 Å². The lowest BCUT2D eigenvalue weighted by Gasteiger charge is -2.12. The van der Waals surface area contributed by atoms with E-state index in [1.165, 1.54) is 24.5 Å². The Bertz CT molecular complexity index is 1030. The summed E-state index contributed by atoms with van der Waals surface area (Å²) < 4.78 is 29.5. The zero-order valence-corrected chi connectivity index (χ0v) is 13.5. The van der Waals surface area contributed by atoms with Crippen molar-refractivity contribution in [2.75, 3.05) is 4.72 Å². The summed E-state index contributed by atoms with van der Waals surface area (Å²) in [6.07, 6.45) is 1.54. The van der Waals surface area contributed by atoms with Gasteiger partial charge < -0.3 is 4.57 Å². The zero-order valence-electron chi connectivity index (χ0n) is 12.7. The molecular weight excluding hydrogens is 326 g/mol. The fourth-order valence-corrected chi connectivity index (χ4v) is 3.36. The van der Waals surface area contributed by atoms with Gasteiger partial charge >= 0.3 is 0 Å². The maximum atomic E-state index is 12.6. The van der Waals surface area contributed by atoms with Crippen molar-refractivity contribution in [2.24, 2.45) is 7.05 Å². The highest BCUT2D eigenvalue weighted by molar-refractivity contribution is 7.92. The van der Waals surface area contributed by atoms with Gasteiger partial charge in [0.05, 0.1) is 22.2 Å². The number of nitrogens with zero attached hydrogens (tertiary/aromatic N) is 4. The number of hydrogen-bond acceptors (Lipinski definition) is 5. The molecule has 120 valence electrons. The van der Waals surface area contributed by atoms with Crippen molar-refractivity contribution in [1.29, 1.82) is 5.26 Å². The monoisotopic (exact) mass is 339 g/mol. The summed E-state index contributed by atoms with van der Waals surface area (Å²) in [5.74, 6) is 0.541. The maximum Gasteiger partial charge on any atom is 0.261 e. The van der Waals surface area contributed by atoms with Crippen LogP contribution in [-0.2, 0) is 17.1 Å². The zero-order chi connectivity index (χ0) is 17.2. The molecule has 0 amide bonds. The first-order valence-electron chi connectivity index (χ1n) is 6.97. The fourth-order valence-electron chi connectivity index (χ4n) is 2.23. The van der Waals surface area contributed by atoms with Crippen LogP contribution in [0.3, 0.4) is 0 Å². The average Bonchev–Trinajstić information content (AvgIpc) is 3.01. The van der Waals surface area contributed by atoms with E-state index in [9.17, 15) is 8.42 Å². The van der Waals surface area contributed by atoms with E-state index in [0.29, 0.717) is 17.1 Å². The van der Waals surface area contributed by atoms with Crippen molar-refractivity contribution in [3.63, 3.8) is 0 Å². The summed E-state index contributed by atoms with van der Waals surface area (Å²) in [6, 6.07) is 14.7. The van der Waals surface area contributed by atoms with Crippen molar-refractivity contribution >= 4 is 15.7 Å². The van der Waals surface area contributed by atoms with Crippen molar-refractivity contribution in [2.45, 2.75) is 4.90 Å². The second kappa shape index (κ2) is 6.14. The first kappa shape index (κ1) is 15.7. The van der Waals surface area contributed by atoms with Gasteiger partial charge in [0, 0.05) is 12.6 Å². The van der Waals surface area contributed by atoms with Crippen LogP contribution in [0.2, 0.25) is 0 Å². The summed E-state index contributed by atoms with van der Waals surface area (Å²) in [4.78, 5) is 0.0225. The molecular formula is C16H13N5O2S. The van der Waals surface area contributed by atoms with E-state index in [1.54, 1.807) is 41.9 Å². The number of aryl methyl sites for hydroxylation is 1. The predicted octanol–water partition coefficient (Wildman–Crippen LogP) is 2.15. The van der Waals surface area contributed by atoms with Crippen LogP contribution in [0.1, 0.15) is 5.56 Å². The molecule has 0 aliphatic carbocycles. The minimum Gasteiger partial charge on any atom is -0.317 e. The van der Waals surface area contributed by atoms with Crippen LogP contribution in [-0.4, -0.2) is 23.2 Å². The van der Waals surface area contributed by atoms with Crippen molar-refractivity contribution < 1.29 is 8.42 Å². The molecule has 3 aromatic rings. The minimum absolute atomic E-state index is 0.0225. The Morgan fingerprint density at radius 2 is 1.96 bits per heavy atom. The highest BCUT2D eigenvalue weighted by atomic mass is 32.2. The second-order valence-electron chi connectivity index (χ2n) is 5.06. The number of para-hydroxylation sites is 1. The normalized spacial score (nSPS) is 11.0. The van der Waals surface area contributed by atoms with Crippen LogP contribution >= 0.6 is 0 Å². The van der Waals surface area contributed by atoms with Gasteiger partial charge in [-0.15, -0.1) is 10.2 Å². The molecule has 0 saturated carbocycles. The van der Waals surface area contributed by atoms with Gasteiger partial charge in [-0.1, -0.05) is 18.2 Å². The summed E-state index contributed by atoms with van der Waals surface area (Å²) in [7, 11) is -2.06. The lowest BCUT2D eigenvalue weighted by atomic mass is 10.2. The Morgan fingerprint density at radius 1 is 1.17 bits per heavy atom. The van der Waals surface area contributed by atoms with Crippen molar-refractivity contribution in [1.82, 2.24) is 14.8 Å². The Balaban J connectivity index is 2.03. The van der Waals surface area contributed by atoms with Gasteiger partial charge in [-0.25, -0.2) is 8.42 Å². The molecule has 0 saturated heterocycles. The van der Waals surface area contributed by atoms with Gasteiger partial charge in [0.25, 0.3) is 10.0 Å². The standard InChI is InChI=1S/C16H13N5O2S/c1-21-11-18-19-16(21)14-7-2-3-8-15(14)20-24(22,23)13-6-4-5-12(9-13)10-17/h2-9,11,20H,1H3. The molecule has 8 heteroatoms. The van der Waals surface area contributed by atoms with Gasteiger partial charge in [-0.05, 0) is 30.3 Å². The molecule has 0 unspecified atom stereocenters. The largest absolute Gasteiger partial charge is 0.317 e. The van der Waals surface area contributed by atoms with Crippen molar-refractivity contribution in [3.05, 3.63) is 60.4 Å². The second-order valence-corrected chi connectivity index (χ2v) is 6.74.